The topological polar surface area (TPSA) is 76.5 Å². The van der Waals surface area contributed by atoms with Crippen LogP contribution in [0.25, 0.3) is 16.7 Å². The van der Waals surface area contributed by atoms with Crippen LogP contribution in [0.4, 0.5) is 20.3 Å². The molecule has 0 atom stereocenters. The number of benzene rings is 2. The SMILES string of the molecule is Cc1ccc(-n2cc(C(=O)Nc3cc(F)cc(F)c3)c(=O)c3ccc(N(C)C)nc32)cc1OCCCCCCC[N+]1(C)CCCC1. The number of aryl methyl sites for hydroxylation is 1. The molecule has 0 unspecified atom stereocenters. The molecule has 4 aromatic rings. The van der Waals surface area contributed by atoms with Crippen molar-refractivity contribution in [3.05, 3.63) is 87.7 Å². The van der Waals surface area contributed by atoms with E-state index < -0.39 is 23.0 Å². The molecule has 0 bridgehead atoms. The maximum absolute atomic E-state index is 13.8. The Morgan fingerprint density at radius 1 is 0.978 bits per heavy atom. The number of unbranched alkanes of at least 4 members (excludes halogenated alkanes) is 4. The Bertz CT molecular complexity index is 1740. The fourth-order valence-electron chi connectivity index (χ4n) is 6.15. The van der Waals surface area contributed by atoms with Gasteiger partial charge in [-0.3, -0.25) is 9.59 Å². The number of carbonyl (C=O) groups is 1. The second-order valence-electron chi connectivity index (χ2n) is 12.9. The third-order valence-electron chi connectivity index (χ3n) is 8.85. The molecule has 0 aliphatic carbocycles. The fourth-order valence-corrected chi connectivity index (χ4v) is 6.15. The van der Waals surface area contributed by atoms with Gasteiger partial charge in [0.05, 0.1) is 44.4 Å². The van der Waals surface area contributed by atoms with Crippen molar-refractivity contribution in [1.82, 2.24) is 9.55 Å². The van der Waals surface area contributed by atoms with Crippen molar-refractivity contribution >= 4 is 28.4 Å². The van der Waals surface area contributed by atoms with Crippen molar-refractivity contribution in [2.24, 2.45) is 0 Å². The number of hydrogen-bond donors (Lipinski definition) is 1. The van der Waals surface area contributed by atoms with E-state index in [0.29, 0.717) is 35.6 Å². The minimum absolute atomic E-state index is 0.0945. The number of rotatable bonds is 13. The molecule has 1 amide bonds. The Hall–Kier alpha value is -4.31. The Balaban J connectivity index is 1.35. The van der Waals surface area contributed by atoms with E-state index in [9.17, 15) is 18.4 Å². The Labute approximate surface area is 269 Å². The summed E-state index contributed by atoms with van der Waals surface area (Å²) in [7, 11) is 6.09. The number of fused-ring (bicyclic) bond motifs is 1. The molecule has 10 heteroatoms. The van der Waals surface area contributed by atoms with Crippen molar-refractivity contribution in [1.29, 1.82) is 0 Å². The molecule has 8 nitrogen and oxygen atoms in total. The number of pyridine rings is 2. The van der Waals surface area contributed by atoms with E-state index in [4.69, 9.17) is 9.72 Å². The van der Waals surface area contributed by atoms with Crippen LogP contribution < -0.4 is 20.4 Å². The van der Waals surface area contributed by atoms with E-state index in [1.165, 1.54) is 62.4 Å². The molecule has 2 aromatic carbocycles. The monoisotopic (exact) mass is 632 g/mol. The average Bonchev–Trinajstić information content (AvgIpc) is 3.45. The van der Waals surface area contributed by atoms with Gasteiger partial charge in [0.2, 0.25) is 5.43 Å². The van der Waals surface area contributed by atoms with Gasteiger partial charge in [0.1, 0.15) is 28.8 Å². The van der Waals surface area contributed by atoms with Crippen LogP contribution in [0.5, 0.6) is 5.75 Å². The van der Waals surface area contributed by atoms with Gasteiger partial charge in [-0.05, 0) is 62.1 Å². The van der Waals surface area contributed by atoms with Gasteiger partial charge in [-0.25, -0.2) is 13.8 Å². The van der Waals surface area contributed by atoms with Gasteiger partial charge in [0.15, 0.2) is 5.65 Å². The fraction of sp³-hybridized carbons (Fsp3) is 0.417. The normalized spacial score (nSPS) is 14.0. The lowest BCUT2D eigenvalue weighted by Crippen LogP contribution is -2.41. The van der Waals surface area contributed by atoms with E-state index >= 15 is 0 Å². The first-order chi connectivity index (χ1) is 22.0. The molecule has 5 rings (SSSR count). The summed E-state index contributed by atoms with van der Waals surface area (Å²) in [4.78, 5) is 33.4. The number of ether oxygens (including phenoxy) is 1. The Morgan fingerprint density at radius 3 is 2.39 bits per heavy atom. The van der Waals surface area contributed by atoms with Crippen LogP contribution in [0.3, 0.4) is 0 Å². The summed E-state index contributed by atoms with van der Waals surface area (Å²) in [5.41, 5.74) is 1.15. The first kappa shape index (κ1) is 33.1. The number of nitrogens with one attached hydrogen (secondary N) is 1. The highest BCUT2D eigenvalue weighted by molar-refractivity contribution is 6.05. The van der Waals surface area contributed by atoms with Crippen molar-refractivity contribution in [2.75, 3.05) is 57.6 Å². The van der Waals surface area contributed by atoms with Crippen molar-refractivity contribution in [2.45, 2.75) is 51.9 Å². The van der Waals surface area contributed by atoms with E-state index in [0.717, 1.165) is 30.5 Å². The second kappa shape index (κ2) is 14.4. The predicted molar refractivity (Wildman–Crippen MR) is 179 cm³/mol. The van der Waals surface area contributed by atoms with Crippen LogP contribution in [-0.2, 0) is 0 Å². The minimum Gasteiger partial charge on any atom is -0.493 e. The standard InChI is InChI=1S/C36H43F2N5O3/c1-25-12-13-29(23-32(25)46-19-11-7-5-6-8-16-43(4)17-9-10-18-43)42-24-31(36(45)39-28-21-26(37)20-27(38)22-28)34(44)30-14-15-33(41(2)3)40-35(30)42/h12-15,20-24H,5-11,16-19H2,1-4H3/p+1. The number of nitrogens with zero attached hydrogens (tertiary/aromatic N) is 4. The zero-order valence-electron chi connectivity index (χ0n) is 27.2. The number of likely N-dealkylation sites (tertiary alicyclic amines) is 1. The molecular weight excluding hydrogens is 588 g/mol. The molecule has 0 saturated carbocycles. The third-order valence-corrected chi connectivity index (χ3v) is 8.85. The lowest BCUT2D eigenvalue weighted by molar-refractivity contribution is -0.897. The molecule has 1 fully saturated rings. The molecule has 3 heterocycles. The van der Waals surface area contributed by atoms with E-state index in [-0.39, 0.29) is 16.6 Å². The van der Waals surface area contributed by atoms with Gasteiger partial charge >= 0.3 is 0 Å². The van der Waals surface area contributed by atoms with E-state index in [2.05, 4.69) is 12.4 Å². The van der Waals surface area contributed by atoms with E-state index in [1.54, 1.807) is 16.7 Å². The first-order valence-electron chi connectivity index (χ1n) is 16.1. The summed E-state index contributed by atoms with van der Waals surface area (Å²) < 4.78 is 36.7. The maximum Gasteiger partial charge on any atom is 0.261 e. The van der Waals surface area contributed by atoms with Gasteiger partial charge in [0, 0.05) is 51.0 Å². The zero-order chi connectivity index (χ0) is 32.8. The number of anilines is 2. The van der Waals surface area contributed by atoms with Gasteiger partial charge < -0.3 is 24.0 Å². The molecule has 46 heavy (non-hydrogen) atoms. The number of quaternary nitrogens is 1. The second-order valence-corrected chi connectivity index (χ2v) is 12.9. The minimum atomic E-state index is -0.841. The summed E-state index contributed by atoms with van der Waals surface area (Å²) in [6.07, 6.45) is 9.90. The van der Waals surface area contributed by atoms with Crippen molar-refractivity contribution in [3.63, 3.8) is 0 Å². The van der Waals surface area contributed by atoms with Crippen molar-refractivity contribution < 1.29 is 22.8 Å². The zero-order valence-corrected chi connectivity index (χ0v) is 27.2. The number of aromatic nitrogens is 2. The summed E-state index contributed by atoms with van der Waals surface area (Å²) in [6.45, 7) is 6.48. The molecule has 244 valence electrons. The Morgan fingerprint density at radius 2 is 1.67 bits per heavy atom. The quantitative estimate of drug-likeness (QED) is 0.129. The maximum atomic E-state index is 13.8. The lowest BCUT2D eigenvalue weighted by atomic mass is 10.1. The molecular formula is C36H44F2N5O3+. The number of hydrogen-bond acceptors (Lipinski definition) is 5. The summed E-state index contributed by atoms with van der Waals surface area (Å²) in [5, 5.41) is 2.69. The van der Waals surface area contributed by atoms with Crippen LogP contribution in [-0.4, -0.2) is 67.3 Å². The molecule has 0 spiro atoms. The van der Waals surface area contributed by atoms with Gasteiger partial charge in [-0.1, -0.05) is 18.9 Å². The molecule has 1 N–H and O–H groups in total. The molecule has 1 aliphatic rings. The van der Waals surface area contributed by atoms with Crippen LogP contribution in [0.1, 0.15) is 60.9 Å². The molecule has 2 aromatic heterocycles. The average molecular weight is 633 g/mol. The van der Waals surface area contributed by atoms with Crippen LogP contribution in [0.2, 0.25) is 0 Å². The molecule has 0 radical (unpaired) electrons. The first-order valence-corrected chi connectivity index (χ1v) is 16.1. The Kier molecular flexibility index (Phi) is 10.4. The highest BCUT2D eigenvalue weighted by Gasteiger charge is 2.25. The van der Waals surface area contributed by atoms with Crippen LogP contribution in [0.15, 0.2) is 59.5 Å². The van der Waals surface area contributed by atoms with Gasteiger partial charge in [0.25, 0.3) is 5.91 Å². The highest BCUT2D eigenvalue weighted by atomic mass is 19.1. The van der Waals surface area contributed by atoms with Crippen molar-refractivity contribution in [3.8, 4) is 11.4 Å². The van der Waals surface area contributed by atoms with Crippen LogP contribution >= 0.6 is 0 Å². The molecule has 1 saturated heterocycles. The molecule has 1 aliphatic heterocycles. The number of amides is 1. The smallest absolute Gasteiger partial charge is 0.261 e. The summed E-state index contributed by atoms with van der Waals surface area (Å²) >= 11 is 0. The summed E-state index contributed by atoms with van der Waals surface area (Å²) in [6, 6.07) is 11.7. The highest BCUT2D eigenvalue weighted by Crippen LogP contribution is 2.26. The largest absolute Gasteiger partial charge is 0.493 e. The lowest BCUT2D eigenvalue weighted by Gasteiger charge is -2.29. The summed E-state index contributed by atoms with van der Waals surface area (Å²) in [5.74, 6) is -1.13. The van der Waals surface area contributed by atoms with E-state index in [1.807, 2.05) is 44.1 Å². The number of halogens is 2. The van der Waals surface area contributed by atoms with Gasteiger partial charge in [-0.15, -0.1) is 0 Å². The van der Waals surface area contributed by atoms with Crippen LogP contribution in [0, 0.1) is 18.6 Å². The predicted octanol–water partition coefficient (Wildman–Crippen LogP) is 6.86. The van der Waals surface area contributed by atoms with Gasteiger partial charge in [-0.2, -0.15) is 0 Å². The third kappa shape index (κ3) is 7.91. The number of carbonyl (C=O) groups excluding carboxylic acids is 1.